The van der Waals surface area contributed by atoms with Crippen LogP contribution in [0.4, 0.5) is 0 Å². The summed E-state index contributed by atoms with van der Waals surface area (Å²) in [6.07, 6.45) is 2.29. The van der Waals surface area contributed by atoms with Crippen LogP contribution in [-0.2, 0) is 14.6 Å². The minimum absolute atomic E-state index is 0.0632. The normalized spacial score (nSPS) is 28.0. The molecule has 0 heterocycles. The average Bonchev–Trinajstić information content (AvgIpc) is 2.19. The van der Waals surface area contributed by atoms with Gasteiger partial charge in [-0.15, -0.1) is 0 Å². The second kappa shape index (κ2) is 4.65. The van der Waals surface area contributed by atoms with Gasteiger partial charge in [-0.05, 0) is 18.8 Å². The summed E-state index contributed by atoms with van der Waals surface area (Å²) in [4.78, 5) is 13.4. The summed E-state index contributed by atoms with van der Waals surface area (Å²) in [7, 11) is -1.53. The molecule has 0 saturated heterocycles. The largest absolute Gasteiger partial charge is 0.343 e. The maximum atomic E-state index is 12.0. The molecule has 0 aliphatic heterocycles. The number of nitrogens with zero attached hydrogens (tertiary/aromatic N) is 2. The fourth-order valence-corrected chi connectivity index (χ4v) is 2.82. The first-order chi connectivity index (χ1) is 7.70. The number of nitriles is 1. The van der Waals surface area contributed by atoms with Crippen LogP contribution in [0, 0.1) is 22.7 Å². The van der Waals surface area contributed by atoms with Crippen molar-refractivity contribution in [2.24, 2.45) is 11.3 Å². The van der Waals surface area contributed by atoms with Gasteiger partial charge >= 0.3 is 0 Å². The summed E-state index contributed by atoms with van der Waals surface area (Å²) in [6.45, 7) is 2.15. The van der Waals surface area contributed by atoms with Gasteiger partial charge in [0, 0.05) is 19.8 Å². The van der Waals surface area contributed by atoms with E-state index < -0.39 is 15.3 Å². The van der Waals surface area contributed by atoms with Crippen molar-refractivity contribution in [3.05, 3.63) is 0 Å². The Morgan fingerprint density at radius 1 is 1.53 bits per heavy atom. The van der Waals surface area contributed by atoms with E-state index in [4.69, 9.17) is 5.26 Å². The van der Waals surface area contributed by atoms with Crippen LogP contribution in [0.15, 0.2) is 0 Å². The van der Waals surface area contributed by atoms with Crippen molar-refractivity contribution in [2.45, 2.75) is 19.8 Å². The first kappa shape index (κ1) is 14.0. The van der Waals surface area contributed by atoms with Gasteiger partial charge in [-0.2, -0.15) is 5.26 Å². The summed E-state index contributed by atoms with van der Waals surface area (Å²) >= 11 is 0. The van der Waals surface area contributed by atoms with Crippen molar-refractivity contribution in [1.82, 2.24) is 4.90 Å². The molecule has 5 nitrogen and oxygen atoms in total. The molecule has 1 rings (SSSR count). The third-order valence-corrected chi connectivity index (χ3v) is 4.09. The first-order valence-corrected chi connectivity index (χ1v) is 7.61. The number of sulfone groups is 1. The predicted molar refractivity (Wildman–Crippen MR) is 63.8 cm³/mol. The molecule has 1 fully saturated rings. The van der Waals surface area contributed by atoms with Crippen LogP contribution in [-0.4, -0.2) is 44.8 Å². The zero-order chi connectivity index (χ0) is 13.3. The molecule has 0 unspecified atom stereocenters. The minimum Gasteiger partial charge on any atom is -0.343 e. The maximum Gasteiger partial charge on any atom is 0.242 e. The minimum atomic E-state index is -3.08. The topological polar surface area (TPSA) is 78.2 Å². The van der Waals surface area contributed by atoms with Gasteiger partial charge in [0.05, 0.1) is 11.8 Å². The molecule has 6 heteroatoms. The van der Waals surface area contributed by atoms with Gasteiger partial charge in [0.2, 0.25) is 5.91 Å². The number of hydrogen-bond donors (Lipinski definition) is 0. The number of carbonyl (C=O) groups excluding carboxylic acids is 1. The zero-order valence-corrected chi connectivity index (χ0v) is 11.2. The van der Waals surface area contributed by atoms with Gasteiger partial charge in [0.1, 0.15) is 15.3 Å². The molecule has 0 N–H and O–H groups in total. The van der Waals surface area contributed by atoms with Gasteiger partial charge in [-0.25, -0.2) is 8.42 Å². The van der Waals surface area contributed by atoms with Crippen molar-refractivity contribution in [3.63, 3.8) is 0 Å². The second-order valence-corrected chi connectivity index (χ2v) is 7.32. The Morgan fingerprint density at radius 2 is 2.06 bits per heavy atom. The van der Waals surface area contributed by atoms with Crippen molar-refractivity contribution < 1.29 is 13.2 Å². The Balaban J connectivity index is 2.62. The molecule has 0 atom stereocenters. The van der Waals surface area contributed by atoms with Crippen LogP contribution >= 0.6 is 0 Å². The molecule has 1 aliphatic carbocycles. The summed E-state index contributed by atoms with van der Waals surface area (Å²) in [5.74, 6) is 0.0791. The molecular weight excluding hydrogens is 240 g/mol. The van der Waals surface area contributed by atoms with E-state index in [2.05, 4.69) is 6.07 Å². The van der Waals surface area contributed by atoms with E-state index in [1.165, 1.54) is 4.90 Å². The van der Waals surface area contributed by atoms with E-state index in [-0.39, 0.29) is 18.2 Å². The number of amides is 1. The highest BCUT2D eigenvalue weighted by molar-refractivity contribution is 7.90. The molecule has 0 aromatic heterocycles. The fraction of sp³-hybridized carbons (Fsp3) is 0.818. The van der Waals surface area contributed by atoms with Crippen molar-refractivity contribution in [3.8, 4) is 6.07 Å². The van der Waals surface area contributed by atoms with Gasteiger partial charge in [-0.3, -0.25) is 4.79 Å². The molecular formula is C11H18N2O3S. The summed E-state index contributed by atoms with van der Waals surface area (Å²) in [5.41, 5.74) is -0.911. The number of carbonyl (C=O) groups is 1. The lowest BCUT2D eigenvalue weighted by Gasteiger charge is -2.41. The highest BCUT2D eigenvalue weighted by Crippen LogP contribution is 2.46. The molecule has 1 amide bonds. The van der Waals surface area contributed by atoms with Crippen molar-refractivity contribution in [2.75, 3.05) is 25.6 Å². The Kier molecular flexibility index (Phi) is 3.82. The van der Waals surface area contributed by atoms with Crippen molar-refractivity contribution >= 4 is 15.7 Å². The Labute approximate surface area is 102 Å². The Morgan fingerprint density at radius 3 is 2.41 bits per heavy atom. The van der Waals surface area contributed by atoms with Crippen LogP contribution in [0.25, 0.3) is 0 Å². The first-order valence-electron chi connectivity index (χ1n) is 5.55. The van der Waals surface area contributed by atoms with Gasteiger partial charge in [0.15, 0.2) is 0 Å². The zero-order valence-electron chi connectivity index (χ0n) is 10.4. The van der Waals surface area contributed by atoms with Crippen LogP contribution < -0.4 is 0 Å². The molecule has 0 spiro atoms. The average molecular weight is 258 g/mol. The van der Waals surface area contributed by atoms with Gasteiger partial charge in [-0.1, -0.05) is 6.92 Å². The molecule has 0 aromatic rings. The monoisotopic (exact) mass is 258 g/mol. The molecule has 17 heavy (non-hydrogen) atoms. The van der Waals surface area contributed by atoms with E-state index in [0.29, 0.717) is 18.8 Å². The SMILES string of the molecule is CC1CC(C#N)(C(=O)N(C)CCS(C)(=O)=O)C1. The highest BCUT2D eigenvalue weighted by atomic mass is 32.2. The second-order valence-electron chi connectivity index (χ2n) is 5.06. The van der Waals surface area contributed by atoms with Crippen LogP contribution in [0.1, 0.15) is 19.8 Å². The number of hydrogen-bond acceptors (Lipinski definition) is 4. The van der Waals surface area contributed by atoms with Gasteiger partial charge < -0.3 is 4.90 Å². The summed E-state index contributed by atoms with van der Waals surface area (Å²) < 4.78 is 22.0. The standard InChI is InChI=1S/C11H18N2O3S/c1-9-6-11(7-9,8-12)10(14)13(2)4-5-17(3,15)16/h9H,4-7H2,1-3H3. The molecule has 1 saturated carbocycles. The lowest BCUT2D eigenvalue weighted by atomic mass is 9.63. The van der Waals surface area contributed by atoms with E-state index in [9.17, 15) is 13.2 Å². The third kappa shape index (κ3) is 3.19. The fourth-order valence-electron chi connectivity index (χ4n) is 2.21. The molecule has 96 valence electrons. The summed E-state index contributed by atoms with van der Waals surface area (Å²) in [6, 6.07) is 2.08. The molecule has 0 radical (unpaired) electrons. The molecule has 0 aromatic carbocycles. The van der Waals surface area contributed by atoms with E-state index in [1.807, 2.05) is 6.92 Å². The smallest absolute Gasteiger partial charge is 0.242 e. The lowest BCUT2D eigenvalue weighted by molar-refractivity contribution is -0.143. The van der Waals surface area contributed by atoms with E-state index in [0.717, 1.165) is 6.26 Å². The van der Waals surface area contributed by atoms with Crippen molar-refractivity contribution in [1.29, 1.82) is 5.26 Å². The number of rotatable bonds is 4. The third-order valence-electron chi connectivity index (χ3n) is 3.16. The van der Waals surface area contributed by atoms with Crippen LogP contribution in [0.3, 0.4) is 0 Å². The van der Waals surface area contributed by atoms with E-state index in [1.54, 1.807) is 7.05 Å². The van der Waals surface area contributed by atoms with E-state index >= 15 is 0 Å². The predicted octanol–water partition coefficient (Wildman–Crippen LogP) is 0.429. The molecule has 0 bridgehead atoms. The lowest BCUT2D eigenvalue weighted by Crippen LogP contribution is -2.49. The Bertz CT molecular complexity index is 444. The van der Waals surface area contributed by atoms with Crippen LogP contribution in [0.2, 0.25) is 0 Å². The molecule has 1 aliphatic rings. The summed E-state index contributed by atoms with van der Waals surface area (Å²) in [5, 5.41) is 9.09. The quantitative estimate of drug-likeness (QED) is 0.732. The highest BCUT2D eigenvalue weighted by Gasteiger charge is 2.50. The van der Waals surface area contributed by atoms with Gasteiger partial charge in [0.25, 0.3) is 0 Å². The Hall–Kier alpha value is -1.09. The maximum absolute atomic E-state index is 12.0. The van der Waals surface area contributed by atoms with Crippen LogP contribution in [0.5, 0.6) is 0 Å².